The second-order valence-corrected chi connectivity index (χ2v) is 15.2. The lowest BCUT2D eigenvalue weighted by Gasteiger charge is -2.26. The van der Waals surface area contributed by atoms with Crippen LogP contribution in [0.15, 0.2) is 191 Å². The second-order valence-electron chi connectivity index (χ2n) is 15.2. The van der Waals surface area contributed by atoms with Gasteiger partial charge in [0.2, 0.25) is 0 Å². The molecule has 0 bridgehead atoms. The molecule has 0 spiro atoms. The topological polar surface area (TPSA) is 32.8 Å². The van der Waals surface area contributed by atoms with Crippen molar-refractivity contribution >= 4 is 99.5 Å². The summed E-state index contributed by atoms with van der Waals surface area (Å²) in [5, 5.41) is 6.98. The van der Waals surface area contributed by atoms with E-state index in [-0.39, 0.29) is 0 Å². The molecule has 0 aliphatic heterocycles. The third kappa shape index (κ3) is 6.34. The Balaban J connectivity index is 1.02. The number of nitrogens with zero attached hydrogens (tertiary/aromatic N) is 2. The minimum Gasteiger partial charge on any atom is -0.452 e. The van der Waals surface area contributed by atoms with Crippen molar-refractivity contribution in [1.29, 1.82) is 0 Å². The molecule has 0 aliphatic rings. The van der Waals surface area contributed by atoms with Crippen LogP contribution in [-0.2, 0) is 12.4 Å². The average Bonchev–Trinajstić information content (AvgIpc) is 3.82. The highest BCUT2D eigenvalue weighted by atomic mass is 19.4. The van der Waals surface area contributed by atoms with E-state index in [4.69, 9.17) is 8.83 Å². The van der Waals surface area contributed by atoms with E-state index in [0.717, 1.165) is 67.4 Å². The molecule has 10 heteroatoms. The lowest BCUT2D eigenvalue weighted by molar-refractivity contribution is -0.138. The van der Waals surface area contributed by atoms with Gasteiger partial charge in [-0.25, -0.2) is 0 Å². The maximum atomic E-state index is 13.8. The second kappa shape index (κ2) is 13.9. The first kappa shape index (κ1) is 37.3. The van der Waals surface area contributed by atoms with Crippen molar-refractivity contribution in [3.05, 3.63) is 193 Å². The molecule has 302 valence electrons. The molecule has 0 saturated carbocycles. The van der Waals surface area contributed by atoms with Crippen molar-refractivity contribution in [2.24, 2.45) is 0 Å². The molecule has 0 radical (unpaired) electrons. The standard InChI is InChI=1S/C52H30F6N2O2/c53-51(54,55)35-9-7-15-39(29-35)59(37-11-3-1-4-12-37)41-19-17-31-25-45-43-21-22-44-46-26-32-18-20-42(24-34(32)28-48(46)62-50(44)49(43)61-47(45)27-33(31)23-41)60(38-13-5-2-6-14-38)40-16-8-10-36(30-40)52(56,57)58/h1-30H. The lowest BCUT2D eigenvalue weighted by atomic mass is 10.0. The summed E-state index contributed by atoms with van der Waals surface area (Å²) in [6, 6.07) is 52.7. The van der Waals surface area contributed by atoms with Gasteiger partial charge in [0, 0.05) is 55.7 Å². The maximum Gasteiger partial charge on any atom is 0.416 e. The molecule has 0 atom stereocenters. The highest BCUT2D eigenvalue weighted by Gasteiger charge is 2.32. The fourth-order valence-electron chi connectivity index (χ4n) is 8.50. The van der Waals surface area contributed by atoms with E-state index >= 15 is 0 Å². The van der Waals surface area contributed by atoms with Crippen LogP contribution in [0.25, 0.3) is 65.4 Å². The van der Waals surface area contributed by atoms with E-state index in [1.54, 1.807) is 21.9 Å². The summed E-state index contributed by atoms with van der Waals surface area (Å²) in [7, 11) is 0. The molecule has 0 unspecified atom stereocenters. The molecule has 0 amide bonds. The van der Waals surface area contributed by atoms with E-state index in [2.05, 4.69) is 0 Å². The predicted octanol–water partition coefficient (Wildman–Crippen LogP) is 16.8. The number of alkyl halides is 6. The molecule has 0 aliphatic carbocycles. The number of anilines is 6. The third-order valence-corrected chi connectivity index (χ3v) is 11.4. The van der Waals surface area contributed by atoms with E-state index in [1.165, 1.54) is 12.1 Å². The van der Waals surface area contributed by atoms with Crippen LogP contribution in [0.1, 0.15) is 11.1 Å². The number of hydrogen-bond acceptors (Lipinski definition) is 4. The summed E-state index contributed by atoms with van der Waals surface area (Å²) < 4.78 is 96.1. The molecule has 2 aromatic heterocycles. The van der Waals surface area contributed by atoms with Gasteiger partial charge in [0.1, 0.15) is 11.2 Å². The number of furan rings is 2. The summed E-state index contributed by atoms with van der Waals surface area (Å²) in [5.41, 5.74) is 4.41. The van der Waals surface area contributed by atoms with Gasteiger partial charge >= 0.3 is 12.4 Å². The van der Waals surface area contributed by atoms with Crippen molar-refractivity contribution < 1.29 is 35.2 Å². The largest absolute Gasteiger partial charge is 0.452 e. The molecule has 62 heavy (non-hydrogen) atoms. The van der Waals surface area contributed by atoms with Gasteiger partial charge in [-0.2, -0.15) is 26.3 Å². The van der Waals surface area contributed by atoms with Crippen LogP contribution in [0.3, 0.4) is 0 Å². The zero-order chi connectivity index (χ0) is 42.3. The van der Waals surface area contributed by atoms with Crippen molar-refractivity contribution in [3.8, 4) is 0 Å². The summed E-state index contributed by atoms with van der Waals surface area (Å²) in [6.45, 7) is 0. The van der Waals surface area contributed by atoms with Gasteiger partial charge < -0.3 is 18.6 Å². The van der Waals surface area contributed by atoms with Gasteiger partial charge in [-0.05, 0) is 143 Å². The normalized spacial score (nSPS) is 12.4. The van der Waals surface area contributed by atoms with Crippen LogP contribution in [0.4, 0.5) is 60.5 Å². The SMILES string of the molecule is FC(F)(F)c1cccc(N(c2ccccc2)c2ccc3cc4c(cc3c2)oc2c4ccc3c4cc5ccc(N(c6ccccc6)c6cccc(C(F)(F)F)c6)cc5cc4oc32)c1. The first-order valence-corrected chi connectivity index (χ1v) is 19.7. The van der Waals surface area contributed by atoms with Gasteiger partial charge in [0.05, 0.1) is 11.1 Å². The van der Waals surface area contributed by atoms with Crippen LogP contribution in [0.2, 0.25) is 0 Å². The van der Waals surface area contributed by atoms with Crippen molar-refractivity contribution in [3.63, 3.8) is 0 Å². The minimum absolute atomic E-state index is 0.371. The number of fused-ring (bicyclic) bond motifs is 9. The Bertz CT molecular complexity index is 3290. The Morgan fingerprint density at radius 1 is 0.306 bits per heavy atom. The van der Waals surface area contributed by atoms with Crippen molar-refractivity contribution in [1.82, 2.24) is 0 Å². The predicted molar refractivity (Wildman–Crippen MR) is 235 cm³/mol. The molecule has 9 aromatic carbocycles. The third-order valence-electron chi connectivity index (χ3n) is 11.4. The molecule has 4 nitrogen and oxygen atoms in total. The van der Waals surface area contributed by atoms with E-state index in [1.807, 2.05) is 133 Å². The highest BCUT2D eigenvalue weighted by molar-refractivity contribution is 6.21. The van der Waals surface area contributed by atoms with Crippen molar-refractivity contribution in [2.45, 2.75) is 12.4 Å². The zero-order valence-corrected chi connectivity index (χ0v) is 32.3. The van der Waals surface area contributed by atoms with E-state index in [9.17, 15) is 26.3 Å². The molecule has 2 heterocycles. The van der Waals surface area contributed by atoms with Crippen molar-refractivity contribution in [2.75, 3.05) is 9.80 Å². The fraction of sp³-hybridized carbons (Fsp3) is 0.0385. The summed E-state index contributed by atoms with van der Waals surface area (Å²) in [5.74, 6) is 0. The maximum absolute atomic E-state index is 13.8. The van der Waals surface area contributed by atoms with Gasteiger partial charge in [-0.3, -0.25) is 0 Å². The molecular formula is C52H30F6N2O2. The Kier molecular flexibility index (Phi) is 8.37. The first-order chi connectivity index (χ1) is 30.0. The van der Waals surface area contributed by atoms with Gasteiger partial charge in [0.25, 0.3) is 0 Å². The average molecular weight is 829 g/mol. The van der Waals surface area contributed by atoms with Crippen LogP contribution in [0.5, 0.6) is 0 Å². The number of hydrogen-bond donors (Lipinski definition) is 0. The number of para-hydroxylation sites is 2. The monoisotopic (exact) mass is 828 g/mol. The van der Waals surface area contributed by atoms with Gasteiger partial charge in [0.15, 0.2) is 11.2 Å². The summed E-state index contributed by atoms with van der Waals surface area (Å²) >= 11 is 0. The molecule has 0 fully saturated rings. The first-order valence-electron chi connectivity index (χ1n) is 19.7. The quantitative estimate of drug-likeness (QED) is 0.156. The molecule has 11 aromatic rings. The van der Waals surface area contributed by atoms with Gasteiger partial charge in [-0.1, -0.05) is 60.7 Å². The smallest absolute Gasteiger partial charge is 0.416 e. The number of benzene rings is 9. The van der Waals surface area contributed by atoms with Crippen LogP contribution in [-0.4, -0.2) is 0 Å². The summed E-state index contributed by atoms with van der Waals surface area (Å²) in [4.78, 5) is 3.60. The molecular weight excluding hydrogens is 799 g/mol. The molecule has 0 saturated heterocycles. The van der Waals surface area contributed by atoms with Crippen LogP contribution >= 0.6 is 0 Å². The Morgan fingerprint density at radius 3 is 1.10 bits per heavy atom. The summed E-state index contributed by atoms with van der Waals surface area (Å²) in [6.07, 6.45) is -9.00. The van der Waals surface area contributed by atoms with Crippen LogP contribution in [0, 0.1) is 0 Å². The number of halogens is 6. The highest BCUT2D eigenvalue weighted by Crippen LogP contribution is 2.45. The molecule has 11 rings (SSSR count). The fourth-order valence-corrected chi connectivity index (χ4v) is 8.50. The van der Waals surface area contributed by atoms with E-state index < -0.39 is 23.5 Å². The Hall–Kier alpha value is -7.72. The Labute approximate surface area is 349 Å². The van der Waals surface area contributed by atoms with Gasteiger partial charge in [-0.15, -0.1) is 0 Å². The minimum atomic E-state index is -4.50. The number of rotatable bonds is 6. The lowest BCUT2D eigenvalue weighted by Crippen LogP contribution is -2.12. The zero-order valence-electron chi connectivity index (χ0n) is 32.3. The van der Waals surface area contributed by atoms with Crippen LogP contribution < -0.4 is 9.80 Å². The van der Waals surface area contributed by atoms with E-state index in [0.29, 0.717) is 56.5 Å². The molecule has 0 N–H and O–H groups in total. The Morgan fingerprint density at radius 2 is 0.694 bits per heavy atom.